The van der Waals surface area contributed by atoms with E-state index in [4.69, 9.17) is 21.1 Å². The summed E-state index contributed by atoms with van der Waals surface area (Å²) in [6, 6.07) is 10.2. The van der Waals surface area contributed by atoms with Crippen molar-refractivity contribution in [1.29, 1.82) is 0 Å². The highest BCUT2D eigenvalue weighted by Crippen LogP contribution is 2.42. The van der Waals surface area contributed by atoms with Gasteiger partial charge in [-0.1, -0.05) is 45.7 Å². The second-order valence-electron chi connectivity index (χ2n) is 4.76. The fraction of sp³-hybridized carbons (Fsp3) is 0.250. The van der Waals surface area contributed by atoms with Crippen molar-refractivity contribution < 1.29 is 13.9 Å². The second-order valence-corrected chi connectivity index (χ2v) is 6.08. The third-order valence-corrected chi connectivity index (χ3v) is 4.63. The number of fused-ring (bicyclic) bond motifs is 1. The molecule has 21 heavy (non-hydrogen) atoms. The van der Waals surface area contributed by atoms with Gasteiger partial charge in [-0.3, -0.25) is 0 Å². The molecule has 1 aliphatic rings. The van der Waals surface area contributed by atoms with Crippen molar-refractivity contribution in [2.75, 3.05) is 13.2 Å². The zero-order chi connectivity index (χ0) is 14.8. The van der Waals surface area contributed by atoms with E-state index < -0.39 is 0 Å². The predicted octanol–water partition coefficient (Wildman–Crippen LogP) is 5.12. The van der Waals surface area contributed by atoms with Gasteiger partial charge in [0.2, 0.25) is 0 Å². The molecule has 0 amide bonds. The van der Waals surface area contributed by atoms with Crippen LogP contribution in [0.1, 0.15) is 22.4 Å². The van der Waals surface area contributed by atoms with Gasteiger partial charge in [0.1, 0.15) is 5.82 Å². The van der Waals surface area contributed by atoms with Gasteiger partial charge >= 0.3 is 0 Å². The molecule has 0 aromatic heterocycles. The number of benzene rings is 2. The first-order chi connectivity index (χ1) is 10.2. The Morgan fingerprint density at radius 3 is 2.43 bits per heavy atom. The molecule has 0 aliphatic carbocycles. The lowest BCUT2D eigenvalue weighted by atomic mass is 10.0. The topological polar surface area (TPSA) is 18.5 Å². The molecule has 2 aromatic rings. The van der Waals surface area contributed by atoms with Crippen LogP contribution >= 0.6 is 27.5 Å². The van der Waals surface area contributed by atoms with E-state index in [0.29, 0.717) is 35.3 Å². The fourth-order valence-electron chi connectivity index (χ4n) is 2.24. The van der Waals surface area contributed by atoms with Gasteiger partial charge in [0.05, 0.1) is 18.0 Å². The molecule has 1 unspecified atom stereocenters. The Labute approximate surface area is 136 Å². The molecule has 0 radical (unpaired) electrons. The Morgan fingerprint density at radius 2 is 1.71 bits per heavy atom. The third kappa shape index (κ3) is 3.01. The summed E-state index contributed by atoms with van der Waals surface area (Å²) in [7, 11) is 0. The van der Waals surface area contributed by atoms with Crippen LogP contribution in [-0.2, 0) is 0 Å². The zero-order valence-electron chi connectivity index (χ0n) is 11.1. The Bertz CT molecular complexity index is 663. The molecule has 1 atom stereocenters. The normalized spacial score (nSPS) is 15.4. The molecular weight excluding hydrogens is 359 g/mol. The maximum Gasteiger partial charge on any atom is 0.162 e. The number of hydrogen-bond acceptors (Lipinski definition) is 2. The summed E-state index contributed by atoms with van der Waals surface area (Å²) in [6.07, 6.45) is 0.826. The van der Waals surface area contributed by atoms with Crippen LogP contribution in [-0.4, -0.2) is 13.2 Å². The van der Waals surface area contributed by atoms with E-state index in [1.54, 1.807) is 24.3 Å². The number of rotatable bonds is 2. The first kappa shape index (κ1) is 14.7. The molecule has 5 heteroatoms. The fourth-order valence-corrected chi connectivity index (χ4v) is 3.39. The van der Waals surface area contributed by atoms with Crippen LogP contribution in [0.5, 0.6) is 11.5 Å². The van der Waals surface area contributed by atoms with Crippen molar-refractivity contribution >= 4 is 27.5 Å². The lowest BCUT2D eigenvalue weighted by Crippen LogP contribution is -1.99. The third-order valence-electron chi connectivity index (χ3n) is 3.32. The summed E-state index contributed by atoms with van der Waals surface area (Å²) in [6.45, 7) is 1.20. The molecule has 1 heterocycles. The number of halogens is 3. The maximum atomic E-state index is 13.9. The minimum absolute atomic E-state index is 0.275. The number of hydrogen-bond donors (Lipinski definition) is 0. The lowest BCUT2D eigenvalue weighted by Gasteiger charge is -2.16. The van der Waals surface area contributed by atoms with Crippen molar-refractivity contribution in [2.45, 2.75) is 11.2 Å². The Kier molecular flexibility index (Phi) is 4.36. The minimum atomic E-state index is -0.344. The van der Waals surface area contributed by atoms with E-state index >= 15 is 0 Å². The largest absolute Gasteiger partial charge is 0.490 e. The van der Waals surface area contributed by atoms with Gasteiger partial charge in [0, 0.05) is 23.1 Å². The number of ether oxygens (including phenoxy) is 2. The van der Waals surface area contributed by atoms with Gasteiger partial charge in [-0.25, -0.2) is 4.39 Å². The molecule has 0 spiro atoms. The van der Waals surface area contributed by atoms with Crippen molar-refractivity contribution in [3.05, 3.63) is 58.4 Å². The smallest absolute Gasteiger partial charge is 0.162 e. The van der Waals surface area contributed by atoms with Crippen molar-refractivity contribution in [3.63, 3.8) is 0 Å². The van der Waals surface area contributed by atoms with E-state index in [1.165, 1.54) is 6.07 Å². The molecule has 3 rings (SSSR count). The van der Waals surface area contributed by atoms with Gasteiger partial charge in [-0.2, -0.15) is 0 Å². The summed E-state index contributed by atoms with van der Waals surface area (Å²) < 4.78 is 25.2. The predicted molar refractivity (Wildman–Crippen MR) is 84.2 cm³/mol. The van der Waals surface area contributed by atoms with Gasteiger partial charge in [0.25, 0.3) is 0 Å². The van der Waals surface area contributed by atoms with Crippen LogP contribution in [0.25, 0.3) is 0 Å². The monoisotopic (exact) mass is 370 g/mol. The molecule has 1 aliphatic heterocycles. The highest BCUT2D eigenvalue weighted by molar-refractivity contribution is 9.09. The SMILES string of the molecule is Fc1ccccc1C(Br)c1cc2c(cc1Cl)OCCCO2. The van der Waals surface area contributed by atoms with Crippen molar-refractivity contribution in [3.8, 4) is 11.5 Å². The molecule has 2 aromatic carbocycles. The quantitative estimate of drug-likeness (QED) is 0.682. The van der Waals surface area contributed by atoms with Gasteiger partial charge in [-0.05, 0) is 17.7 Å². The standard InChI is InChI=1S/C16H13BrClFO2/c17-16(10-4-1-2-5-13(10)19)11-8-14-15(9-12(11)18)21-7-3-6-20-14/h1-2,4-5,8-9,16H,3,6-7H2. The van der Waals surface area contributed by atoms with Crippen LogP contribution < -0.4 is 9.47 Å². The molecule has 0 saturated heterocycles. The van der Waals surface area contributed by atoms with Crippen LogP contribution in [0, 0.1) is 5.82 Å². The highest BCUT2D eigenvalue weighted by atomic mass is 79.9. The maximum absolute atomic E-state index is 13.9. The summed E-state index contributed by atoms with van der Waals surface area (Å²) in [5, 5.41) is 0.518. The zero-order valence-corrected chi connectivity index (χ0v) is 13.5. The molecule has 0 saturated carbocycles. The first-order valence-electron chi connectivity index (χ1n) is 6.64. The Balaban J connectivity index is 2.02. The molecule has 0 bridgehead atoms. The molecule has 0 fully saturated rings. The van der Waals surface area contributed by atoms with E-state index in [0.717, 1.165) is 12.0 Å². The van der Waals surface area contributed by atoms with Gasteiger partial charge in [0.15, 0.2) is 11.5 Å². The van der Waals surface area contributed by atoms with Crippen LogP contribution in [0.15, 0.2) is 36.4 Å². The first-order valence-corrected chi connectivity index (χ1v) is 7.93. The van der Waals surface area contributed by atoms with Gasteiger partial charge < -0.3 is 9.47 Å². The molecule has 110 valence electrons. The van der Waals surface area contributed by atoms with E-state index in [-0.39, 0.29) is 10.6 Å². The van der Waals surface area contributed by atoms with E-state index in [9.17, 15) is 4.39 Å². The Hall–Kier alpha value is -1.26. The average Bonchev–Trinajstić information content (AvgIpc) is 2.71. The lowest BCUT2D eigenvalue weighted by molar-refractivity contribution is 0.297. The summed E-state index contributed by atoms with van der Waals surface area (Å²) in [5.41, 5.74) is 1.29. The summed E-state index contributed by atoms with van der Waals surface area (Å²) in [5.74, 6) is 1.00. The molecular formula is C16H13BrClFO2. The minimum Gasteiger partial charge on any atom is -0.490 e. The van der Waals surface area contributed by atoms with Crippen molar-refractivity contribution in [2.24, 2.45) is 0 Å². The van der Waals surface area contributed by atoms with Crippen LogP contribution in [0.2, 0.25) is 5.02 Å². The number of alkyl halides is 1. The average molecular weight is 372 g/mol. The Morgan fingerprint density at radius 1 is 1.05 bits per heavy atom. The second kappa shape index (κ2) is 6.24. The van der Waals surface area contributed by atoms with E-state index in [2.05, 4.69) is 15.9 Å². The van der Waals surface area contributed by atoms with E-state index in [1.807, 2.05) is 6.07 Å². The van der Waals surface area contributed by atoms with Crippen LogP contribution in [0.3, 0.4) is 0 Å². The molecule has 0 N–H and O–H groups in total. The summed E-state index contributed by atoms with van der Waals surface area (Å²) >= 11 is 9.85. The molecule has 2 nitrogen and oxygen atoms in total. The van der Waals surface area contributed by atoms with Crippen molar-refractivity contribution in [1.82, 2.24) is 0 Å². The van der Waals surface area contributed by atoms with Crippen LogP contribution in [0.4, 0.5) is 4.39 Å². The summed E-state index contributed by atoms with van der Waals surface area (Å²) in [4.78, 5) is -0.344. The highest BCUT2D eigenvalue weighted by Gasteiger charge is 2.21. The van der Waals surface area contributed by atoms with Gasteiger partial charge in [-0.15, -0.1) is 0 Å².